The van der Waals surface area contributed by atoms with Gasteiger partial charge in [-0.1, -0.05) is 31.6 Å². The van der Waals surface area contributed by atoms with Gasteiger partial charge >= 0.3 is 0 Å². The molecule has 5 nitrogen and oxygen atoms in total. The first-order valence-electron chi connectivity index (χ1n) is 7.50. The molecule has 1 heterocycles. The second-order valence-corrected chi connectivity index (χ2v) is 5.33. The van der Waals surface area contributed by atoms with E-state index in [0.29, 0.717) is 5.69 Å². The molecular formula is C17H21N3O2. The highest BCUT2D eigenvalue weighted by atomic mass is 16.2. The van der Waals surface area contributed by atoms with Crippen LogP contribution in [0.3, 0.4) is 0 Å². The third kappa shape index (κ3) is 3.24. The first-order chi connectivity index (χ1) is 10.6. The lowest BCUT2D eigenvalue weighted by atomic mass is 10.0. The molecule has 1 unspecified atom stereocenters. The molecule has 0 saturated carbocycles. The zero-order valence-corrected chi connectivity index (χ0v) is 12.8. The summed E-state index contributed by atoms with van der Waals surface area (Å²) in [5.41, 5.74) is 7.62. The first kappa shape index (κ1) is 15.9. The van der Waals surface area contributed by atoms with E-state index in [-0.39, 0.29) is 18.3 Å². The van der Waals surface area contributed by atoms with E-state index in [9.17, 15) is 9.59 Å². The van der Waals surface area contributed by atoms with Crippen molar-refractivity contribution >= 4 is 23.5 Å². The molecule has 5 heteroatoms. The van der Waals surface area contributed by atoms with Gasteiger partial charge in [-0.3, -0.25) is 9.59 Å². The molecule has 116 valence electrons. The van der Waals surface area contributed by atoms with E-state index in [1.165, 1.54) is 10.5 Å². The quantitative estimate of drug-likeness (QED) is 0.647. The number of nitrogens with zero attached hydrogens (tertiary/aromatic N) is 2. The number of hydrogen-bond donors (Lipinski definition) is 1. The first-order valence-corrected chi connectivity index (χ1v) is 7.50. The molecule has 1 aromatic rings. The Kier molecular flexibility index (Phi) is 5.09. The van der Waals surface area contributed by atoms with Crippen LogP contribution in [0.1, 0.15) is 31.7 Å². The summed E-state index contributed by atoms with van der Waals surface area (Å²) in [7, 11) is 0. The molecule has 0 fully saturated rings. The van der Waals surface area contributed by atoms with Gasteiger partial charge in [0.05, 0.1) is 5.69 Å². The Balaban J connectivity index is 2.26. The van der Waals surface area contributed by atoms with Gasteiger partial charge in [0.15, 0.2) is 0 Å². The van der Waals surface area contributed by atoms with Gasteiger partial charge in [-0.05, 0) is 37.0 Å². The number of carbonyl (C=O) groups is 2. The van der Waals surface area contributed by atoms with Gasteiger partial charge in [-0.2, -0.15) is 4.99 Å². The monoisotopic (exact) mass is 299 g/mol. The Bertz CT molecular complexity index is 605. The summed E-state index contributed by atoms with van der Waals surface area (Å²) in [5, 5.41) is 0. The summed E-state index contributed by atoms with van der Waals surface area (Å²) in [6, 6.07) is 7.63. The Labute approximate surface area is 130 Å². The summed E-state index contributed by atoms with van der Waals surface area (Å²) >= 11 is 0. The Morgan fingerprint density at radius 2 is 2.00 bits per heavy atom. The van der Waals surface area contributed by atoms with Gasteiger partial charge < -0.3 is 5.73 Å². The van der Waals surface area contributed by atoms with Crippen LogP contribution in [-0.4, -0.2) is 17.8 Å². The Hall–Kier alpha value is -2.43. The Morgan fingerprint density at radius 3 is 2.59 bits per heavy atom. The number of hydrogen-bond acceptors (Lipinski definition) is 3. The standard InChI is InChI=1S/C17H21N3O2/c1-3-5-7-12-8-10-13(11-9-12)20-16(22)14(6-4-2)15(21)19-17(20)18/h4,8-11,14H,2-3,5-7H2,1H3,(H2,18,19,21). The number of carbonyl (C=O) groups excluding carboxylic acids is 2. The predicted molar refractivity (Wildman–Crippen MR) is 87.5 cm³/mol. The summed E-state index contributed by atoms with van der Waals surface area (Å²) in [6.45, 7) is 5.73. The van der Waals surface area contributed by atoms with Crippen molar-refractivity contribution in [2.75, 3.05) is 4.90 Å². The molecule has 1 atom stereocenters. The molecule has 1 aliphatic rings. The molecule has 2 rings (SSSR count). The highest BCUT2D eigenvalue weighted by Crippen LogP contribution is 2.23. The van der Waals surface area contributed by atoms with Crippen molar-refractivity contribution in [3.63, 3.8) is 0 Å². The number of guanidine groups is 1. The molecule has 1 aromatic carbocycles. The van der Waals surface area contributed by atoms with Crippen molar-refractivity contribution in [1.82, 2.24) is 0 Å². The minimum absolute atomic E-state index is 0.0726. The zero-order chi connectivity index (χ0) is 16.1. The molecule has 0 aromatic heterocycles. The van der Waals surface area contributed by atoms with Gasteiger partial charge in [-0.25, -0.2) is 4.90 Å². The van der Waals surface area contributed by atoms with Crippen LogP contribution in [-0.2, 0) is 16.0 Å². The van der Waals surface area contributed by atoms with E-state index in [2.05, 4.69) is 18.5 Å². The molecular weight excluding hydrogens is 278 g/mol. The fraction of sp³-hybridized carbons (Fsp3) is 0.353. The Morgan fingerprint density at radius 1 is 1.32 bits per heavy atom. The molecule has 2 amide bonds. The average molecular weight is 299 g/mol. The maximum atomic E-state index is 12.5. The molecule has 0 spiro atoms. The number of benzene rings is 1. The second kappa shape index (κ2) is 7.02. The third-order valence-corrected chi connectivity index (χ3v) is 3.69. The molecule has 2 N–H and O–H groups in total. The van der Waals surface area contributed by atoms with Crippen molar-refractivity contribution in [3.05, 3.63) is 42.5 Å². The fourth-order valence-corrected chi connectivity index (χ4v) is 2.44. The topological polar surface area (TPSA) is 75.8 Å². The minimum atomic E-state index is -0.829. The number of rotatable bonds is 6. The van der Waals surface area contributed by atoms with Crippen molar-refractivity contribution < 1.29 is 9.59 Å². The minimum Gasteiger partial charge on any atom is -0.369 e. The molecule has 0 bridgehead atoms. The summed E-state index contributed by atoms with van der Waals surface area (Å²) < 4.78 is 0. The molecule has 1 aliphatic heterocycles. The van der Waals surface area contributed by atoms with Crippen molar-refractivity contribution in [2.45, 2.75) is 32.6 Å². The molecule has 22 heavy (non-hydrogen) atoms. The van der Waals surface area contributed by atoms with E-state index < -0.39 is 11.8 Å². The van der Waals surface area contributed by atoms with Gasteiger partial charge in [0, 0.05) is 0 Å². The van der Waals surface area contributed by atoms with Gasteiger partial charge in [0.25, 0.3) is 5.91 Å². The van der Waals surface area contributed by atoms with E-state index in [1.807, 2.05) is 24.3 Å². The number of aryl methyl sites for hydroxylation is 1. The van der Waals surface area contributed by atoms with E-state index in [0.717, 1.165) is 19.3 Å². The number of aliphatic imine (C=N–C) groups is 1. The maximum Gasteiger partial charge on any atom is 0.261 e. The number of unbranched alkanes of at least 4 members (excludes halogenated alkanes) is 1. The van der Waals surface area contributed by atoms with Crippen LogP contribution in [0.5, 0.6) is 0 Å². The second-order valence-electron chi connectivity index (χ2n) is 5.33. The maximum absolute atomic E-state index is 12.5. The van der Waals surface area contributed by atoms with Gasteiger partial charge in [-0.15, -0.1) is 6.58 Å². The van der Waals surface area contributed by atoms with Crippen LogP contribution in [0, 0.1) is 5.92 Å². The fourth-order valence-electron chi connectivity index (χ4n) is 2.44. The van der Waals surface area contributed by atoms with E-state index >= 15 is 0 Å². The van der Waals surface area contributed by atoms with Crippen LogP contribution in [0.4, 0.5) is 5.69 Å². The van der Waals surface area contributed by atoms with Gasteiger partial charge in [0.1, 0.15) is 5.92 Å². The number of anilines is 1. The van der Waals surface area contributed by atoms with E-state index in [4.69, 9.17) is 5.73 Å². The summed E-state index contributed by atoms with van der Waals surface area (Å²) in [6.07, 6.45) is 5.08. The number of nitrogens with two attached hydrogens (primary N) is 1. The smallest absolute Gasteiger partial charge is 0.261 e. The van der Waals surface area contributed by atoms with Crippen molar-refractivity contribution in [3.8, 4) is 0 Å². The van der Waals surface area contributed by atoms with Crippen molar-refractivity contribution in [2.24, 2.45) is 16.6 Å². The molecule has 0 saturated heterocycles. The molecule has 0 radical (unpaired) electrons. The van der Waals surface area contributed by atoms with E-state index in [1.54, 1.807) is 6.08 Å². The predicted octanol–water partition coefficient (Wildman–Crippen LogP) is 2.41. The SMILES string of the molecule is C=CCC1C(=O)N=C(N)N(c2ccc(CCCC)cc2)C1=O. The van der Waals surface area contributed by atoms with Gasteiger partial charge in [0.2, 0.25) is 11.9 Å². The average Bonchev–Trinajstić information content (AvgIpc) is 2.50. The number of amides is 2. The highest BCUT2D eigenvalue weighted by molar-refractivity contribution is 6.26. The summed E-state index contributed by atoms with van der Waals surface area (Å²) in [4.78, 5) is 29.4. The van der Waals surface area contributed by atoms with Crippen LogP contribution < -0.4 is 10.6 Å². The lowest BCUT2D eigenvalue weighted by molar-refractivity contribution is -0.131. The van der Waals surface area contributed by atoms with Crippen LogP contribution >= 0.6 is 0 Å². The largest absolute Gasteiger partial charge is 0.369 e. The normalized spacial score (nSPS) is 18.3. The van der Waals surface area contributed by atoms with Crippen LogP contribution in [0.15, 0.2) is 41.9 Å². The summed E-state index contributed by atoms with van der Waals surface area (Å²) in [5.74, 6) is -1.75. The van der Waals surface area contributed by atoms with Crippen molar-refractivity contribution in [1.29, 1.82) is 0 Å². The lowest BCUT2D eigenvalue weighted by Crippen LogP contribution is -2.51. The highest BCUT2D eigenvalue weighted by Gasteiger charge is 2.36. The lowest BCUT2D eigenvalue weighted by Gasteiger charge is -2.28. The van der Waals surface area contributed by atoms with Crippen LogP contribution in [0.2, 0.25) is 0 Å². The van der Waals surface area contributed by atoms with Crippen LogP contribution in [0.25, 0.3) is 0 Å². The number of allylic oxidation sites excluding steroid dienone is 1. The molecule has 0 aliphatic carbocycles. The third-order valence-electron chi connectivity index (χ3n) is 3.69. The zero-order valence-electron chi connectivity index (χ0n) is 12.8.